The zero-order valence-electron chi connectivity index (χ0n) is 13.9. The van der Waals surface area contributed by atoms with E-state index in [1.807, 2.05) is 31.2 Å². The van der Waals surface area contributed by atoms with Gasteiger partial charge in [-0.05, 0) is 43.2 Å². The van der Waals surface area contributed by atoms with Crippen LogP contribution in [0.2, 0.25) is 0 Å². The van der Waals surface area contributed by atoms with Gasteiger partial charge in [0.1, 0.15) is 13.2 Å². The Kier molecular flexibility index (Phi) is 4.66. The molecule has 0 radical (unpaired) electrons. The Labute approximate surface area is 142 Å². The van der Waals surface area contributed by atoms with Gasteiger partial charge in [-0.15, -0.1) is 0 Å². The molecule has 0 aliphatic carbocycles. The fourth-order valence-electron chi connectivity index (χ4n) is 2.70. The second-order valence-electron chi connectivity index (χ2n) is 5.50. The average molecular weight is 347 g/mol. The quantitative estimate of drug-likeness (QED) is 0.833. The molecule has 0 fully saturated rings. The highest BCUT2D eigenvalue weighted by Crippen LogP contribution is 2.34. The summed E-state index contributed by atoms with van der Waals surface area (Å²) < 4.78 is 38.4. The van der Waals surface area contributed by atoms with Crippen LogP contribution in [0.1, 0.15) is 19.4 Å². The second kappa shape index (κ2) is 6.73. The lowest BCUT2D eigenvalue weighted by Crippen LogP contribution is -2.31. The standard InChI is InChI=1S/C18H21NO4S/c1-3-14-5-7-15(8-6-14)19(4-2)24(20,21)16-9-10-17-18(13-16)23-12-11-22-17/h5-10,13H,3-4,11-12H2,1-2H3. The maximum atomic E-state index is 13.0. The highest BCUT2D eigenvalue weighted by molar-refractivity contribution is 7.92. The summed E-state index contributed by atoms with van der Waals surface area (Å²) in [6, 6.07) is 12.3. The molecule has 0 spiro atoms. The van der Waals surface area contributed by atoms with Gasteiger partial charge >= 0.3 is 0 Å². The van der Waals surface area contributed by atoms with Gasteiger partial charge in [-0.2, -0.15) is 0 Å². The number of ether oxygens (including phenoxy) is 2. The lowest BCUT2D eigenvalue weighted by atomic mass is 10.1. The van der Waals surface area contributed by atoms with Crippen LogP contribution in [0.5, 0.6) is 11.5 Å². The molecule has 1 aliphatic rings. The first kappa shape index (κ1) is 16.6. The molecule has 128 valence electrons. The molecule has 24 heavy (non-hydrogen) atoms. The van der Waals surface area contributed by atoms with Crippen molar-refractivity contribution < 1.29 is 17.9 Å². The molecular weight excluding hydrogens is 326 g/mol. The second-order valence-corrected chi connectivity index (χ2v) is 7.36. The van der Waals surface area contributed by atoms with Crippen LogP contribution < -0.4 is 13.8 Å². The van der Waals surface area contributed by atoms with Gasteiger partial charge in [-0.3, -0.25) is 4.31 Å². The van der Waals surface area contributed by atoms with Crippen LogP contribution in [0.25, 0.3) is 0 Å². The Bertz CT molecular complexity index is 815. The minimum atomic E-state index is -3.66. The molecule has 3 rings (SSSR count). The van der Waals surface area contributed by atoms with E-state index in [2.05, 4.69) is 6.92 Å². The molecule has 0 unspecified atom stereocenters. The van der Waals surface area contributed by atoms with E-state index < -0.39 is 10.0 Å². The van der Waals surface area contributed by atoms with Crippen molar-refractivity contribution in [1.82, 2.24) is 0 Å². The zero-order chi connectivity index (χ0) is 17.2. The summed E-state index contributed by atoms with van der Waals surface area (Å²) in [5, 5.41) is 0. The smallest absolute Gasteiger partial charge is 0.264 e. The van der Waals surface area contributed by atoms with Gasteiger partial charge in [0.05, 0.1) is 10.6 Å². The number of nitrogens with zero attached hydrogens (tertiary/aromatic N) is 1. The molecule has 5 nitrogen and oxygen atoms in total. The van der Waals surface area contributed by atoms with Crippen molar-refractivity contribution >= 4 is 15.7 Å². The number of rotatable bonds is 5. The Morgan fingerprint density at radius 3 is 2.25 bits per heavy atom. The Morgan fingerprint density at radius 2 is 1.62 bits per heavy atom. The van der Waals surface area contributed by atoms with Gasteiger partial charge in [0.25, 0.3) is 10.0 Å². The van der Waals surface area contributed by atoms with E-state index in [0.29, 0.717) is 36.9 Å². The van der Waals surface area contributed by atoms with Crippen LogP contribution >= 0.6 is 0 Å². The summed E-state index contributed by atoms with van der Waals surface area (Å²) in [5.74, 6) is 1.05. The van der Waals surface area contributed by atoms with Crippen LogP contribution in [-0.2, 0) is 16.4 Å². The van der Waals surface area contributed by atoms with Crippen LogP contribution in [0, 0.1) is 0 Å². The van der Waals surface area contributed by atoms with Gasteiger partial charge in [0, 0.05) is 12.6 Å². The summed E-state index contributed by atoms with van der Waals surface area (Å²) in [6.45, 7) is 5.14. The van der Waals surface area contributed by atoms with Gasteiger partial charge in [0.15, 0.2) is 11.5 Å². The van der Waals surface area contributed by atoms with Crippen molar-refractivity contribution in [3.05, 3.63) is 48.0 Å². The monoisotopic (exact) mass is 347 g/mol. The number of fused-ring (bicyclic) bond motifs is 1. The van der Waals surface area contributed by atoms with Crippen molar-refractivity contribution in [1.29, 1.82) is 0 Å². The van der Waals surface area contributed by atoms with Crippen molar-refractivity contribution in [2.45, 2.75) is 25.2 Å². The molecule has 0 amide bonds. The largest absolute Gasteiger partial charge is 0.486 e. The Hall–Kier alpha value is -2.21. The predicted molar refractivity (Wildman–Crippen MR) is 93.5 cm³/mol. The molecule has 6 heteroatoms. The first-order valence-electron chi connectivity index (χ1n) is 8.07. The molecule has 2 aromatic carbocycles. The molecule has 0 aromatic heterocycles. The first-order chi connectivity index (χ1) is 11.6. The van der Waals surface area contributed by atoms with Crippen molar-refractivity contribution in [3.8, 4) is 11.5 Å². The number of benzene rings is 2. The van der Waals surface area contributed by atoms with Crippen molar-refractivity contribution in [3.63, 3.8) is 0 Å². The topological polar surface area (TPSA) is 55.8 Å². The fraction of sp³-hybridized carbons (Fsp3) is 0.333. The van der Waals surface area contributed by atoms with E-state index in [0.717, 1.165) is 6.42 Å². The lowest BCUT2D eigenvalue weighted by Gasteiger charge is -2.24. The van der Waals surface area contributed by atoms with Gasteiger partial charge in [-0.25, -0.2) is 8.42 Å². The van der Waals surface area contributed by atoms with E-state index in [9.17, 15) is 8.42 Å². The average Bonchev–Trinajstić information content (AvgIpc) is 2.62. The van der Waals surface area contributed by atoms with Gasteiger partial charge in [0.2, 0.25) is 0 Å². The molecule has 2 aromatic rings. The van der Waals surface area contributed by atoms with Crippen LogP contribution in [0.3, 0.4) is 0 Å². The summed E-state index contributed by atoms with van der Waals surface area (Å²) in [5.41, 5.74) is 1.83. The third-order valence-electron chi connectivity index (χ3n) is 4.02. The molecule has 0 saturated heterocycles. The third kappa shape index (κ3) is 3.06. The molecule has 0 saturated carbocycles. The molecule has 0 N–H and O–H groups in total. The maximum absolute atomic E-state index is 13.0. The SMILES string of the molecule is CCc1ccc(N(CC)S(=O)(=O)c2ccc3c(c2)OCCO3)cc1. The number of hydrogen-bond donors (Lipinski definition) is 0. The lowest BCUT2D eigenvalue weighted by molar-refractivity contribution is 0.171. The Morgan fingerprint density at radius 1 is 0.958 bits per heavy atom. The number of sulfonamides is 1. The summed E-state index contributed by atoms with van der Waals surface area (Å²) in [4.78, 5) is 0.202. The summed E-state index contributed by atoms with van der Waals surface area (Å²) >= 11 is 0. The molecular formula is C18H21NO4S. The van der Waals surface area contributed by atoms with Crippen molar-refractivity contribution in [2.75, 3.05) is 24.1 Å². The Balaban J connectivity index is 1.97. The zero-order valence-corrected chi connectivity index (χ0v) is 14.7. The fourth-order valence-corrected chi connectivity index (χ4v) is 4.19. The van der Waals surface area contributed by atoms with E-state index in [-0.39, 0.29) is 4.90 Å². The van der Waals surface area contributed by atoms with Gasteiger partial charge < -0.3 is 9.47 Å². The first-order valence-corrected chi connectivity index (χ1v) is 9.51. The van der Waals surface area contributed by atoms with E-state index in [4.69, 9.17) is 9.47 Å². The molecule has 1 heterocycles. The van der Waals surface area contributed by atoms with Gasteiger partial charge in [-0.1, -0.05) is 19.1 Å². The highest BCUT2D eigenvalue weighted by atomic mass is 32.2. The van der Waals surface area contributed by atoms with E-state index in [1.165, 1.54) is 15.9 Å². The minimum absolute atomic E-state index is 0.202. The van der Waals surface area contributed by atoms with E-state index >= 15 is 0 Å². The third-order valence-corrected chi connectivity index (χ3v) is 5.92. The predicted octanol–water partition coefficient (Wildman–Crippen LogP) is 3.24. The minimum Gasteiger partial charge on any atom is -0.486 e. The number of hydrogen-bond acceptors (Lipinski definition) is 4. The number of aryl methyl sites for hydroxylation is 1. The molecule has 0 atom stereocenters. The normalized spacial score (nSPS) is 13.6. The summed E-state index contributed by atoms with van der Waals surface area (Å²) in [6.07, 6.45) is 0.918. The molecule has 1 aliphatic heterocycles. The van der Waals surface area contributed by atoms with Crippen LogP contribution in [0.4, 0.5) is 5.69 Å². The summed E-state index contributed by atoms with van der Waals surface area (Å²) in [7, 11) is -3.66. The van der Waals surface area contributed by atoms with Crippen molar-refractivity contribution in [2.24, 2.45) is 0 Å². The van der Waals surface area contributed by atoms with Crippen LogP contribution in [-0.4, -0.2) is 28.2 Å². The van der Waals surface area contributed by atoms with Crippen LogP contribution in [0.15, 0.2) is 47.4 Å². The molecule has 0 bridgehead atoms. The number of anilines is 1. The highest BCUT2D eigenvalue weighted by Gasteiger charge is 2.25. The maximum Gasteiger partial charge on any atom is 0.264 e. The van der Waals surface area contributed by atoms with E-state index in [1.54, 1.807) is 12.1 Å².